The van der Waals surface area contributed by atoms with Gasteiger partial charge in [0.1, 0.15) is 0 Å². The van der Waals surface area contributed by atoms with Crippen molar-refractivity contribution in [2.75, 3.05) is 6.61 Å². The number of rotatable bonds is 3. The molecule has 0 saturated heterocycles. The molecule has 0 bridgehead atoms. The summed E-state index contributed by atoms with van der Waals surface area (Å²) < 4.78 is 0. The zero-order valence-electron chi connectivity index (χ0n) is 10.3. The van der Waals surface area contributed by atoms with E-state index in [1.165, 1.54) is 11.1 Å². The largest absolute Gasteiger partial charge is 0.394 e. The van der Waals surface area contributed by atoms with Crippen molar-refractivity contribution in [2.45, 2.75) is 37.4 Å². The van der Waals surface area contributed by atoms with Crippen molar-refractivity contribution >= 4 is 5.91 Å². The fraction of sp³-hybridized carbons (Fsp3) is 0.500. The second kappa shape index (κ2) is 4.37. The normalized spacial score (nSPS) is 24.2. The molecule has 18 heavy (non-hydrogen) atoms. The van der Waals surface area contributed by atoms with Gasteiger partial charge < -0.3 is 15.7 Å². The van der Waals surface area contributed by atoms with Gasteiger partial charge in [-0.1, -0.05) is 24.3 Å². The third-order valence-corrected chi connectivity index (χ3v) is 3.94. The average molecular weight is 246 g/mol. The van der Waals surface area contributed by atoms with Crippen LogP contribution in [0.5, 0.6) is 0 Å². The summed E-state index contributed by atoms with van der Waals surface area (Å²) >= 11 is 0. The number of aliphatic hydroxyl groups excluding tert-OH is 1. The number of fused-ring (bicyclic) bond motifs is 1. The van der Waals surface area contributed by atoms with E-state index in [9.17, 15) is 9.90 Å². The van der Waals surface area contributed by atoms with Gasteiger partial charge in [-0.05, 0) is 30.4 Å². The lowest BCUT2D eigenvalue weighted by molar-refractivity contribution is -0.124. The standard InChI is InChI=1S/C14H18N2O2/c17-9-14(5-6-14)16-13(18)12-7-10-3-1-2-4-11(10)8-15-12/h1-4,12,15,17H,5-9H2,(H,16,18). The highest BCUT2D eigenvalue weighted by atomic mass is 16.3. The SMILES string of the molecule is O=C(NC1(CO)CC1)C1Cc2ccccc2CN1. The highest BCUT2D eigenvalue weighted by molar-refractivity contribution is 5.83. The minimum absolute atomic E-state index is 0.0102. The van der Waals surface area contributed by atoms with Gasteiger partial charge in [0.15, 0.2) is 0 Å². The molecule has 1 aliphatic carbocycles. The van der Waals surface area contributed by atoms with E-state index in [1.54, 1.807) is 0 Å². The molecule has 1 aromatic carbocycles. The quantitative estimate of drug-likeness (QED) is 0.721. The molecule has 1 heterocycles. The van der Waals surface area contributed by atoms with Gasteiger partial charge in [0, 0.05) is 6.54 Å². The number of amides is 1. The molecular formula is C14H18N2O2. The molecule has 0 spiro atoms. The van der Waals surface area contributed by atoms with E-state index in [-0.39, 0.29) is 24.1 Å². The Hall–Kier alpha value is -1.39. The van der Waals surface area contributed by atoms with Crippen LogP contribution in [0.3, 0.4) is 0 Å². The number of hydrogen-bond acceptors (Lipinski definition) is 3. The van der Waals surface area contributed by atoms with Gasteiger partial charge in [0.05, 0.1) is 18.2 Å². The molecule has 1 atom stereocenters. The lowest BCUT2D eigenvalue weighted by Crippen LogP contribution is -2.52. The van der Waals surface area contributed by atoms with Crippen LogP contribution >= 0.6 is 0 Å². The van der Waals surface area contributed by atoms with Gasteiger partial charge in [0.2, 0.25) is 5.91 Å². The van der Waals surface area contributed by atoms with Crippen molar-refractivity contribution in [3.05, 3.63) is 35.4 Å². The Bertz CT molecular complexity index is 469. The summed E-state index contributed by atoms with van der Waals surface area (Å²) in [5.41, 5.74) is 2.19. The number of carbonyl (C=O) groups excluding carboxylic acids is 1. The van der Waals surface area contributed by atoms with Crippen LogP contribution in [0.4, 0.5) is 0 Å². The highest BCUT2D eigenvalue weighted by Crippen LogP contribution is 2.34. The van der Waals surface area contributed by atoms with Crippen molar-refractivity contribution in [1.82, 2.24) is 10.6 Å². The number of aliphatic hydroxyl groups is 1. The van der Waals surface area contributed by atoms with E-state index < -0.39 is 0 Å². The lowest BCUT2D eigenvalue weighted by Gasteiger charge is -2.27. The van der Waals surface area contributed by atoms with Crippen molar-refractivity contribution in [3.8, 4) is 0 Å². The summed E-state index contributed by atoms with van der Waals surface area (Å²) in [7, 11) is 0. The molecule has 4 nitrogen and oxygen atoms in total. The predicted octanol–water partition coefficient (Wildman–Crippen LogP) is 0.342. The maximum absolute atomic E-state index is 12.1. The molecule has 96 valence electrons. The van der Waals surface area contributed by atoms with Crippen molar-refractivity contribution < 1.29 is 9.90 Å². The van der Waals surface area contributed by atoms with Gasteiger partial charge in [-0.25, -0.2) is 0 Å². The number of benzene rings is 1. The summed E-state index contributed by atoms with van der Waals surface area (Å²) in [5.74, 6) is 0.0102. The molecule has 4 heteroatoms. The first-order valence-electron chi connectivity index (χ1n) is 6.45. The van der Waals surface area contributed by atoms with Gasteiger partial charge in [0.25, 0.3) is 0 Å². The summed E-state index contributed by atoms with van der Waals surface area (Å²) in [4.78, 5) is 12.1. The summed E-state index contributed by atoms with van der Waals surface area (Å²) in [6, 6.07) is 8.02. The Morgan fingerprint density at radius 1 is 1.39 bits per heavy atom. The smallest absolute Gasteiger partial charge is 0.237 e. The van der Waals surface area contributed by atoms with Crippen LogP contribution in [0.25, 0.3) is 0 Å². The minimum atomic E-state index is -0.324. The third-order valence-electron chi connectivity index (χ3n) is 3.94. The minimum Gasteiger partial charge on any atom is -0.394 e. The Balaban J connectivity index is 1.67. The van der Waals surface area contributed by atoms with Crippen molar-refractivity contribution in [1.29, 1.82) is 0 Å². The molecule has 1 saturated carbocycles. The van der Waals surface area contributed by atoms with Crippen molar-refractivity contribution in [2.24, 2.45) is 0 Å². The maximum Gasteiger partial charge on any atom is 0.237 e. The van der Waals surface area contributed by atoms with E-state index in [0.29, 0.717) is 0 Å². The number of hydrogen-bond donors (Lipinski definition) is 3. The number of nitrogens with one attached hydrogen (secondary N) is 2. The van der Waals surface area contributed by atoms with Crippen LogP contribution in [0.2, 0.25) is 0 Å². The van der Waals surface area contributed by atoms with E-state index in [0.717, 1.165) is 25.8 Å². The van der Waals surface area contributed by atoms with Crippen LogP contribution in [0, 0.1) is 0 Å². The van der Waals surface area contributed by atoms with Crippen LogP contribution in [-0.4, -0.2) is 29.2 Å². The molecule has 0 radical (unpaired) electrons. The molecule has 1 amide bonds. The first-order valence-corrected chi connectivity index (χ1v) is 6.45. The van der Waals surface area contributed by atoms with Gasteiger partial charge >= 0.3 is 0 Å². The Kier molecular flexibility index (Phi) is 2.84. The third kappa shape index (κ3) is 2.13. The Morgan fingerprint density at radius 3 is 2.78 bits per heavy atom. The maximum atomic E-state index is 12.1. The van der Waals surface area contributed by atoms with Crippen LogP contribution in [-0.2, 0) is 17.8 Å². The average Bonchev–Trinajstić information content (AvgIpc) is 3.18. The first-order chi connectivity index (χ1) is 8.72. The second-order valence-corrected chi connectivity index (χ2v) is 5.33. The zero-order valence-corrected chi connectivity index (χ0v) is 10.3. The Labute approximate surface area is 106 Å². The molecule has 1 unspecified atom stereocenters. The first kappa shape index (κ1) is 11.7. The van der Waals surface area contributed by atoms with Gasteiger partial charge in [-0.2, -0.15) is 0 Å². The summed E-state index contributed by atoms with van der Waals surface area (Å²) in [6.07, 6.45) is 2.50. The van der Waals surface area contributed by atoms with Gasteiger partial charge in [-0.3, -0.25) is 4.79 Å². The van der Waals surface area contributed by atoms with E-state index in [2.05, 4.69) is 22.8 Å². The molecule has 1 fully saturated rings. The topological polar surface area (TPSA) is 61.4 Å². The molecule has 0 aromatic heterocycles. The fourth-order valence-corrected chi connectivity index (χ4v) is 2.46. The zero-order chi connectivity index (χ0) is 12.6. The second-order valence-electron chi connectivity index (χ2n) is 5.33. The Morgan fingerprint density at radius 2 is 2.11 bits per heavy atom. The monoisotopic (exact) mass is 246 g/mol. The van der Waals surface area contributed by atoms with Crippen LogP contribution in [0.1, 0.15) is 24.0 Å². The van der Waals surface area contributed by atoms with Crippen LogP contribution in [0.15, 0.2) is 24.3 Å². The molecule has 1 aromatic rings. The van der Waals surface area contributed by atoms with E-state index >= 15 is 0 Å². The van der Waals surface area contributed by atoms with Crippen LogP contribution < -0.4 is 10.6 Å². The molecule has 1 aliphatic heterocycles. The highest BCUT2D eigenvalue weighted by Gasteiger charge is 2.44. The predicted molar refractivity (Wildman–Crippen MR) is 68.0 cm³/mol. The summed E-state index contributed by atoms with van der Waals surface area (Å²) in [6.45, 7) is 0.780. The van der Waals surface area contributed by atoms with E-state index in [4.69, 9.17) is 0 Å². The molecular weight excluding hydrogens is 228 g/mol. The molecule has 2 aliphatic rings. The summed E-state index contributed by atoms with van der Waals surface area (Å²) in [5, 5.41) is 15.4. The molecule has 3 rings (SSSR count). The van der Waals surface area contributed by atoms with E-state index in [1.807, 2.05) is 12.1 Å². The number of carbonyl (C=O) groups is 1. The molecule has 3 N–H and O–H groups in total. The fourth-order valence-electron chi connectivity index (χ4n) is 2.46. The van der Waals surface area contributed by atoms with Crippen molar-refractivity contribution in [3.63, 3.8) is 0 Å². The van der Waals surface area contributed by atoms with Gasteiger partial charge in [-0.15, -0.1) is 0 Å². The lowest BCUT2D eigenvalue weighted by atomic mass is 9.95.